The average molecular weight is 276 g/mol. The maximum absolute atomic E-state index is 12.3. The third-order valence-corrected chi connectivity index (χ3v) is 3.67. The van der Waals surface area contributed by atoms with Crippen molar-refractivity contribution in [1.82, 2.24) is 5.32 Å². The fraction of sp³-hybridized carbons (Fsp3) is 0.467. The van der Waals surface area contributed by atoms with Crippen molar-refractivity contribution in [3.05, 3.63) is 35.9 Å². The van der Waals surface area contributed by atoms with E-state index in [9.17, 15) is 9.59 Å². The van der Waals surface area contributed by atoms with Crippen molar-refractivity contribution >= 4 is 11.9 Å². The van der Waals surface area contributed by atoms with E-state index in [2.05, 4.69) is 5.32 Å². The van der Waals surface area contributed by atoms with E-state index >= 15 is 0 Å². The molecule has 0 aliphatic heterocycles. The molecular formula is C15H20N2O3. The van der Waals surface area contributed by atoms with Gasteiger partial charge in [0.1, 0.15) is 0 Å². The molecule has 0 bridgehead atoms. The summed E-state index contributed by atoms with van der Waals surface area (Å²) in [5.41, 5.74) is 6.56. The van der Waals surface area contributed by atoms with Crippen molar-refractivity contribution in [3.8, 4) is 0 Å². The van der Waals surface area contributed by atoms with Crippen molar-refractivity contribution in [1.29, 1.82) is 0 Å². The highest BCUT2D eigenvalue weighted by Gasteiger charge is 2.35. The monoisotopic (exact) mass is 276 g/mol. The van der Waals surface area contributed by atoms with Gasteiger partial charge >= 0.3 is 5.97 Å². The van der Waals surface area contributed by atoms with E-state index in [1.54, 1.807) is 0 Å². The van der Waals surface area contributed by atoms with Gasteiger partial charge < -0.3 is 16.2 Å². The number of carbonyl (C=O) groups is 2. The highest BCUT2D eigenvalue weighted by Crippen LogP contribution is 2.34. The topological polar surface area (TPSA) is 92.4 Å². The number of aliphatic carboxylic acids is 1. The van der Waals surface area contributed by atoms with Gasteiger partial charge in [-0.1, -0.05) is 30.3 Å². The molecule has 1 aliphatic rings. The summed E-state index contributed by atoms with van der Waals surface area (Å²) in [5.74, 6) is -1.20. The quantitative estimate of drug-likeness (QED) is 0.695. The molecule has 1 aromatic rings. The molecule has 108 valence electrons. The summed E-state index contributed by atoms with van der Waals surface area (Å²) in [6.45, 7) is 0.209. The maximum atomic E-state index is 12.3. The smallest absolute Gasteiger partial charge is 0.305 e. The molecule has 1 amide bonds. The Morgan fingerprint density at radius 1 is 1.30 bits per heavy atom. The molecule has 2 unspecified atom stereocenters. The van der Waals surface area contributed by atoms with Crippen LogP contribution >= 0.6 is 0 Å². The Balaban J connectivity index is 2.02. The zero-order valence-electron chi connectivity index (χ0n) is 11.3. The van der Waals surface area contributed by atoms with Crippen LogP contribution in [0.15, 0.2) is 30.3 Å². The first-order valence-electron chi connectivity index (χ1n) is 6.89. The van der Waals surface area contributed by atoms with E-state index in [-0.39, 0.29) is 24.9 Å². The predicted molar refractivity (Wildman–Crippen MR) is 75.1 cm³/mol. The Labute approximate surface area is 118 Å². The van der Waals surface area contributed by atoms with Crippen molar-refractivity contribution in [2.45, 2.75) is 31.2 Å². The lowest BCUT2D eigenvalue weighted by atomic mass is 9.97. The summed E-state index contributed by atoms with van der Waals surface area (Å²) in [5, 5.41) is 11.8. The average Bonchev–Trinajstić information content (AvgIpc) is 3.24. The van der Waals surface area contributed by atoms with Crippen LogP contribution in [-0.4, -0.2) is 29.6 Å². The van der Waals surface area contributed by atoms with Gasteiger partial charge in [-0.05, 0) is 24.3 Å². The molecule has 1 aromatic carbocycles. The summed E-state index contributed by atoms with van der Waals surface area (Å²) < 4.78 is 0. The first-order chi connectivity index (χ1) is 9.61. The molecule has 20 heavy (non-hydrogen) atoms. The molecule has 1 saturated carbocycles. The van der Waals surface area contributed by atoms with Crippen molar-refractivity contribution in [2.75, 3.05) is 6.54 Å². The standard InChI is InChI=1S/C15H20N2O3/c16-9-12(10-4-2-1-3-5-10)15(20)17-13(8-14(18)19)11-6-7-11/h1-5,11-13H,6-9,16H2,(H,17,20)(H,18,19). The molecular weight excluding hydrogens is 256 g/mol. The normalized spacial score (nSPS) is 17.2. The second-order valence-electron chi connectivity index (χ2n) is 5.25. The zero-order chi connectivity index (χ0) is 14.5. The van der Waals surface area contributed by atoms with Gasteiger partial charge in [-0.25, -0.2) is 0 Å². The van der Waals surface area contributed by atoms with Crippen LogP contribution < -0.4 is 11.1 Å². The van der Waals surface area contributed by atoms with E-state index < -0.39 is 11.9 Å². The predicted octanol–water partition coefficient (Wildman–Crippen LogP) is 1.10. The second kappa shape index (κ2) is 6.52. The van der Waals surface area contributed by atoms with E-state index in [0.717, 1.165) is 18.4 Å². The Kier molecular flexibility index (Phi) is 4.74. The van der Waals surface area contributed by atoms with Crippen LogP contribution in [0.25, 0.3) is 0 Å². The lowest BCUT2D eigenvalue weighted by Crippen LogP contribution is -2.42. The molecule has 1 aliphatic carbocycles. The summed E-state index contributed by atoms with van der Waals surface area (Å²) in [4.78, 5) is 23.2. The first-order valence-corrected chi connectivity index (χ1v) is 6.89. The molecule has 0 saturated heterocycles. The van der Waals surface area contributed by atoms with E-state index in [0.29, 0.717) is 5.92 Å². The fourth-order valence-corrected chi connectivity index (χ4v) is 2.39. The molecule has 2 rings (SSSR count). The van der Waals surface area contributed by atoms with Gasteiger partial charge in [-0.15, -0.1) is 0 Å². The minimum atomic E-state index is -0.883. The number of hydrogen-bond donors (Lipinski definition) is 3. The van der Waals surface area contributed by atoms with Gasteiger partial charge in [-0.3, -0.25) is 9.59 Å². The lowest BCUT2D eigenvalue weighted by molar-refractivity contribution is -0.138. The molecule has 2 atom stereocenters. The summed E-state index contributed by atoms with van der Waals surface area (Å²) in [7, 11) is 0. The Morgan fingerprint density at radius 2 is 1.95 bits per heavy atom. The van der Waals surface area contributed by atoms with Crippen molar-refractivity contribution in [2.24, 2.45) is 11.7 Å². The minimum absolute atomic E-state index is 0.0253. The highest BCUT2D eigenvalue weighted by molar-refractivity contribution is 5.84. The fourth-order valence-electron chi connectivity index (χ4n) is 2.39. The molecule has 1 fully saturated rings. The van der Waals surface area contributed by atoms with Crippen molar-refractivity contribution < 1.29 is 14.7 Å². The van der Waals surface area contributed by atoms with Gasteiger partial charge in [0.05, 0.1) is 12.3 Å². The summed E-state index contributed by atoms with van der Waals surface area (Å²) in [6, 6.07) is 9.05. The third kappa shape index (κ3) is 3.81. The first kappa shape index (κ1) is 14.5. The molecule has 0 spiro atoms. The van der Waals surface area contributed by atoms with Gasteiger partial charge in [0.25, 0.3) is 0 Å². The third-order valence-electron chi connectivity index (χ3n) is 3.67. The number of nitrogens with one attached hydrogen (secondary N) is 1. The molecule has 0 aromatic heterocycles. The number of amides is 1. The van der Waals surface area contributed by atoms with Gasteiger partial charge in [0.2, 0.25) is 5.91 Å². The molecule has 4 N–H and O–H groups in total. The van der Waals surface area contributed by atoms with Crippen molar-refractivity contribution in [3.63, 3.8) is 0 Å². The van der Waals surface area contributed by atoms with Gasteiger partial charge in [-0.2, -0.15) is 0 Å². The number of benzene rings is 1. The molecule has 5 nitrogen and oxygen atoms in total. The van der Waals surface area contributed by atoms with Crippen LogP contribution in [0.3, 0.4) is 0 Å². The SMILES string of the molecule is NCC(C(=O)NC(CC(=O)O)C1CC1)c1ccccc1. The van der Waals surface area contributed by atoms with Crippen LogP contribution in [0.1, 0.15) is 30.7 Å². The lowest BCUT2D eigenvalue weighted by Gasteiger charge is -2.21. The van der Waals surface area contributed by atoms with Crippen LogP contribution in [0.5, 0.6) is 0 Å². The Morgan fingerprint density at radius 3 is 2.45 bits per heavy atom. The summed E-state index contributed by atoms with van der Waals surface area (Å²) >= 11 is 0. The molecule has 5 heteroatoms. The van der Waals surface area contributed by atoms with E-state index in [1.807, 2.05) is 30.3 Å². The zero-order valence-corrected chi connectivity index (χ0v) is 11.3. The molecule has 0 heterocycles. The Bertz CT molecular complexity index is 471. The number of carbonyl (C=O) groups excluding carboxylic acids is 1. The largest absolute Gasteiger partial charge is 0.481 e. The number of hydrogen-bond acceptors (Lipinski definition) is 3. The van der Waals surface area contributed by atoms with Crippen LogP contribution in [0.2, 0.25) is 0 Å². The number of carboxylic acids is 1. The van der Waals surface area contributed by atoms with Crippen LogP contribution in [-0.2, 0) is 9.59 Å². The maximum Gasteiger partial charge on any atom is 0.305 e. The highest BCUT2D eigenvalue weighted by atomic mass is 16.4. The van der Waals surface area contributed by atoms with Gasteiger partial charge in [0, 0.05) is 12.6 Å². The van der Waals surface area contributed by atoms with E-state index in [4.69, 9.17) is 10.8 Å². The number of nitrogens with two attached hydrogens (primary N) is 1. The number of rotatable bonds is 7. The molecule has 0 radical (unpaired) electrons. The number of carboxylic acid groups (broad SMARTS) is 1. The van der Waals surface area contributed by atoms with Crippen LogP contribution in [0.4, 0.5) is 0 Å². The van der Waals surface area contributed by atoms with Gasteiger partial charge in [0.15, 0.2) is 0 Å². The Hall–Kier alpha value is -1.88. The second-order valence-corrected chi connectivity index (χ2v) is 5.25. The van der Waals surface area contributed by atoms with E-state index in [1.165, 1.54) is 0 Å². The summed E-state index contributed by atoms with van der Waals surface area (Å²) in [6.07, 6.45) is 1.94. The minimum Gasteiger partial charge on any atom is -0.481 e. The van der Waals surface area contributed by atoms with Crippen LogP contribution in [0, 0.1) is 5.92 Å².